The van der Waals surface area contributed by atoms with Gasteiger partial charge in [0.25, 0.3) is 6.43 Å². The third-order valence-electron chi connectivity index (χ3n) is 8.20. The monoisotopic (exact) mass is 577 g/mol. The zero-order valence-electron chi connectivity index (χ0n) is 23.8. The molecular formula is C29H38F3N5O4. The van der Waals surface area contributed by atoms with E-state index in [0.717, 1.165) is 51.6 Å². The van der Waals surface area contributed by atoms with Crippen LogP contribution in [0, 0.1) is 12.7 Å². The van der Waals surface area contributed by atoms with Crippen LogP contribution in [0.25, 0.3) is 0 Å². The van der Waals surface area contributed by atoms with Gasteiger partial charge in [0, 0.05) is 36.3 Å². The van der Waals surface area contributed by atoms with Gasteiger partial charge in [-0.15, -0.1) is 0 Å². The van der Waals surface area contributed by atoms with Crippen LogP contribution in [-0.2, 0) is 32.0 Å². The number of anilines is 1. The van der Waals surface area contributed by atoms with Crippen molar-refractivity contribution in [2.75, 3.05) is 44.8 Å². The molecule has 3 heterocycles. The summed E-state index contributed by atoms with van der Waals surface area (Å²) in [5.41, 5.74) is 0.337. The van der Waals surface area contributed by atoms with Crippen LogP contribution in [0.1, 0.15) is 74.0 Å². The first-order chi connectivity index (χ1) is 19.8. The lowest BCUT2D eigenvalue weighted by Crippen LogP contribution is -2.84. The van der Waals surface area contributed by atoms with Crippen molar-refractivity contribution in [1.82, 2.24) is 20.2 Å². The molecule has 12 heteroatoms. The number of hydrogen-bond donors (Lipinski definition) is 2. The van der Waals surface area contributed by atoms with Crippen molar-refractivity contribution in [3.63, 3.8) is 0 Å². The van der Waals surface area contributed by atoms with Gasteiger partial charge < -0.3 is 24.8 Å². The number of nitrogens with one attached hydrogen (secondary N) is 2. The Morgan fingerprint density at radius 3 is 2.44 bits per heavy atom. The summed E-state index contributed by atoms with van der Waals surface area (Å²) in [5, 5.41) is 6.27. The maximum atomic E-state index is 14.6. The SMILES string of the molecule is CC.Cc1nc(CC(=O)NC23CC(N4CCOCC4)(C2)C3)c(C2OCCO2)c(NCc2cccc(C(F)F)c2F)n1. The van der Waals surface area contributed by atoms with Gasteiger partial charge in [-0.1, -0.05) is 32.0 Å². The molecule has 3 aliphatic carbocycles. The molecule has 224 valence electrons. The number of aromatic nitrogens is 2. The Balaban J connectivity index is 0.00000165. The predicted molar refractivity (Wildman–Crippen MR) is 145 cm³/mol. The molecular weight excluding hydrogens is 539 g/mol. The van der Waals surface area contributed by atoms with Gasteiger partial charge in [0.1, 0.15) is 17.5 Å². The van der Waals surface area contributed by atoms with E-state index >= 15 is 0 Å². The van der Waals surface area contributed by atoms with Crippen LogP contribution in [0.4, 0.5) is 19.0 Å². The van der Waals surface area contributed by atoms with Crippen molar-refractivity contribution in [2.24, 2.45) is 0 Å². The first-order valence-corrected chi connectivity index (χ1v) is 14.3. The quantitative estimate of drug-likeness (QED) is 0.458. The fraction of sp³-hybridized carbons (Fsp3) is 0.621. The molecule has 3 saturated carbocycles. The Kier molecular flexibility index (Phi) is 8.84. The lowest BCUT2D eigenvalue weighted by atomic mass is 9.43. The Labute approximate surface area is 238 Å². The first kappa shape index (κ1) is 29.7. The third kappa shape index (κ3) is 5.93. The number of aryl methyl sites for hydroxylation is 1. The van der Waals surface area contributed by atoms with Gasteiger partial charge in [0.15, 0.2) is 6.29 Å². The van der Waals surface area contributed by atoms with Crippen molar-refractivity contribution in [3.05, 3.63) is 52.2 Å². The molecule has 5 fully saturated rings. The van der Waals surface area contributed by atoms with Crippen LogP contribution in [0.3, 0.4) is 0 Å². The summed E-state index contributed by atoms with van der Waals surface area (Å²) in [7, 11) is 0. The van der Waals surface area contributed by atoms with Gasteiger partial charge in [0.2, 0.25) is 5.91 Å². The van der Waals surface area contributed by atoms with Gasteiger partial charge in [-0.25, -0.2) is 23.1 Å². The molecule has 1 amide bonds. The van der Waals surface area contributed by atoms with E-state index in [1.165, 1.54) is 12.1 Å². The molecule has 0 atom stereocenters. The number of amides is 1. The van der Waals surface area contributed by atoms with Gasteiger partial charge in [-0.3, -0.25) is 9.69 Å². The van der Waals surface area contributed by atoms with Gasteiger partial charge in [0.05, 0.1) is 49.7 Å². The smallest absolute Gasteiger partial charge is 0.266 e. The Bertz CT molecular complexity index is 1230. The van der Waals surface area contributed by atoms with Crippen molar-refractivity contribution in [3.8, 4) is 0 Å². The lowest BCUT2D eigenvalue weighted by molar-refractivity contribution is -0.198. The highest BCUT2D eigenvalue weighted by Crippen LogP contribution is 2.63. The molecule has 0 spiro atoms. The third-order valence-corrected chi connectivity index (χ3v) is 8.20. The molecule has 2 N–H and O–H groups in total. The highest BCUT2D eigenvalue weighted by atomic mass is 19.3. The molecule has 1 aromatic carbocycles. The minimum absolute atomic E-state index is 0.00186. The maximum absolute atomic E-state index is 14.6. The largest absolute Gasteiger partial charge is 0.379 e. The van der Waals surface area contributed by atoms with E-state index in [2.05, 4.69) is 25.5 Å². The zero-order chi connectivity index (χ0) is 29.2. The number of carbonyl (C=O) groups excluding carboxylic acids is 1. The highest BCUT2D eigenvalue weighted by Gasteiger charge is 2.70. The first-order valence-electron chi connectivity index (χ1n) is 14.3. The maximum Gasteiger partial charge on any atom is 0.266 e. The van der Waals surface area contributed by atoms with Crippen molar-refractivity contribution >= 4 is 11.7 Å². The lowest BCUT2D eigenvalue weighted by Gasteiger charge is -2.74. The molecule has 0 radical (unpaired) electrons. The molecule has 41 heavy (non-hydrogen) atoms. The minimum atomic E-state index is -2.92. The fourth-order valence-electron chi connectivity index (χ4n) is 6.50. The average Bonchev–Trinajstić information content (AvgIpc) is 3.45. The van der Waals surface area contributed by atoms with E-state index in [1.54, 1.807) is 6.92 Å². The molecule has 2 saturated heterocycles. The van der Waals surface area contributed by atoms with Crippen LogP contribution in [0.2, 0.25) is 0 Å². The van der Waals surface area contributed by atoms with E-state index in [0.29, 0.717) is 36.1 Å². The molecule has 9 nitrogen and oxygen atoms in total. The topological polar surface area (TPSA) is 97.8 Å². The summed E-state index contributed by atoms with van der Waals surface area (Å²) in [6.45, 7) is 9.69. The second-order valence-corrected chi connectivity index (χ2v) is 10.9. The second kappa shape index (κ2) is 12.2. The van der Waals surface area contributed by atoms with Crippen molar-refractivity contribution in [1.29, 1.82) is 0 Å². The van der Waals surface area contributed by atoms with E-state index in [9.17, 15) is 18.0 Å². The summed E-state index contributed by atoms with van der Waals surface area (Å²) >= 11 is 0. The number of alkyl halides is 2. The van der Waals surface area contributed by atoms with Gasteiger partial charge >= 0.3 is 0 Å². The second-order valence-electron chi connectivity index (χ2n) is 10.9. The van der Waals surface area contributed by atoms with Crippen LogP contribution in [0.15, 0.2) is 18.2 Å². The summed E-state index contributed by atoms with van der Waals surface area (Å²) in [6, 6.07) is 3.89. The Morgan fingerprint density at radius 2 is 1.78 bits per heavy atom. The van der Waals surface area contributed by atoms with E-state index in [-0.39, 0.29) is 35.5 Å². The molecule has 1 aromatic heterocycles. The minimum Gasteiger partial charge on any atom is -0.379 e. The van der Waals surface area contributed by atoms with Crippen LogP contribution in [-0.4, -0.2) is 71.4 Å². The van der Waals surface area contributed by atoms with Crippen molar-refractivity contribution in [2.45, 2.75) is 76.8 Å². The van der Waals surface area contributed by atoms with Crippen molar-refractivity contribution < 1.29 is 32.2 Å². The fourth-order valence-corrected chi connectivity index (χ4v) is 6.50. The zero-order valence-corrected chi connectivity index (χ0v) is 23.8. The highest BCUT2D eigenvalue weighted by molar-refractivity contribution is 5.80. The summed E-state index contributed by atoms with van der Waals surface area (Å²) in [6.07, 6.45) is -0.909. The van der Waals surface area contributed by atoms with Gasteiger partial charge in [-0.2, -0.15) is 0 Å². The molecule has 2 aromatic rings. The van der Waals surface area contributed by atoms with Crippen LogP contribution >= 0.6 is 0 Å². The predicted octanol–water partition coefficient (Wildman–Crippen LogP) is 4.21. The van der Waals surface area contributed by atoms with E-state index < -0.39 is 24.1 Å². The van der Waals surface area contributed by atoms with Gasteiger partial charge in [-0.05, 0) is 26.2 Å². The summed E-state index contributed by atoms with van der Waals surface area (Å²) < 4.78 is 57.9. The number of carbonyl (C=O) groups is 1. The van der Waals surface area contributed by atoms with Crippen LogP contribution in [0.5, 0.6) is 0 Å². The molecule has 7 rings (SSSR count). The number of rotatable bonds is 9. The van der Waals surface area contributed by atoms with Crippen LogP contribution < -0.4 is 10.6 Å². The number of morpholine rings is 1. The Morgan fingerprint density at radius 1 is 1.10 bits per heavy atom. The van der Waals surface area contributed by atoms with E-state index in [1.807, 2.05) is 13.8 Å². The molecule has 2 bridgehead atoms. The molecule has 5 aliphatic rings. The molecule has 0 unspecified atom stereocenters. The summed E-state index contributed by atoms with van der Waals surface area (Å²) in [4.78, 5) is 24.7. The Hall–Kier alpha value is -2.80. The standard InChI is InChI=1S/C27H32F3N5O4.C2H6/c1-16-32-19(11-20(36)34-26-13-27(14-26,15-26)35-5-7-37-8-6-35)21(25-38-9-10-39-25)24(33-16)31-12-17-3-2-4-18(22(17)28)23(29)30;1-2/h2-4,23,25H,5-15H2,1H3,(H,34,36)(H,31,32,33);1-2H3. The number of benzene rings is 1. The average molecular weight is 578 g/mol. The summed E-state index contributed by atoms with van der Waals surface area (Å²) in [5.74, 6) is -0.394. The molecule has 2 aliphatic heterocycles. The number of hydrogen-bond acceptors (Lipinski definition) is 8. The number of halogens is 3. The van der Waals surface area contributed by atoms with E-state index in [4.69, 9.17) is 14.2 Å². The number of ether oxygens (including phenoxy) is 3. The number of nitrogens with zero attached hydrogens (tertiary/aromatic N) is 3. The normalized spacial score (nSPS) is 25.6.